The fraction of sp³-hybridized carbons (Fsp3) is 0.0714. The Kier molecular flexibility index (Phi) is 2.77. The van der Waals surface area contributed by atoms with E-state index in [2.05, 4.69) is 16.2 Å². The predicted molar refractivity (Wildman–Crippen MR) is 79.7 cm³/mol. The van der Waals surface area contributed by atoms with E-state index >= 15 is 0 Å². The largest absolute Gasteiger partial charge is 0.494 e. The van der Waals surface area contributed by atoms with Crippen LogP contribution >= 0.6 is 12.2 Å². The minimum absolute atomic E-state index is 0.0808. The van der Waals surface area contributed by atoms with Crippen LogP contribution in [-0.2, 0) is 11.3 Å². The van der Waals surface area contributed by atoms with E-state index in [0.717, 1.165) is 5.52 Å². The van der Waals surface area contributed by atoms with Gasteiger partial charge in [0.15, 0.2) is 0 Å². The number of benzene rings is 1. The van der Waals surface area contributed by atoms with Crippen molar-refractivity contribution in [3.05, 3.63) is 29.8 Å². The monoisotopic (exact) mass is 283 g/mol. The zero-order valence-corrected chi connectivity index (χ0v) is 11.1. The molecule has 0 unspecified atom stereocenters. The molecule has 3 rings (SSSR count). The van der Waals surface area contributed by atoms with Crippen LogP contribution in [0.3, 0.4) is 0 Å². The van der Waals surface area contributed by atoms with Gasteiger partial charge in [-0.1, -0.05) is 24.1 Å². The van der Waals surface area contributed by atoms with E-state index < -0.39 is 5.91 Å². The number of aliphatic imine (C=N–C) groups is 1. The molecule has 6 heteroatoms. The second-order valence-corrected chi connectivity index (χ2v) is 4.61. The summed E-state index contributed by atoms with van der Waals surface area (Å²) < 4.78 is 1.56. The number of thiocarbonyl (C=S) groups is 1. The summed E-state index contributed by atoms with van der Waals surface area (Å²) >= 11 is 4.86. The summed E-state index contributed by atoms with van der Waals surface area (Å²) in [6, 6.07) is 7.27. The Morgan fingerprint density at radius 3 is 2.85 bits per heavy atom. The summed E-state index contributed by atoms with van der Waals surface area (Å²) in [5.41, 5.74) is 1.21. The third-order valence-corrected chi connectivity index (χ3v) is 3.27. The van der Waals surface area contributed by atoms with Crippen LogP contribution in [0.25, 0.3) is 10.9 Å². The number of hydrogen-bond acceptors (Lipinski definition) is 3. The number of nitrogens with zero attached hydrogens (tertiary/aromatic N) is 2. The maximum atomic E-state index is 11.9. The molecule has 5 nitrogen and oxygen atoms in total. The van der Waals surface area contributed by atoms with Crippen LogP contribution in [0.15, 0.2) is 29.3 Å². The maximum absolute atomic E-state index is 11.9. The summed E-state index contributed by atoms with van der Waals surface area (Å²) in [7, 11) is 0. The Labute approximate surface area is 119 Å². The number of fused-ring (bicyclic) bond motifs is 1. The van der Waals surface area contributed by atoms with E-state index in [-0.39, 0.29) is 23.2 Å². The van der Waals surface area contributed by atoms with E-state index in [1.54, 1.807) is 10.6 Å². The molecule has 1 amide bonds. The van der Waals surface area contributed by atoms with Gasteiger partial charge in [0.25, 0.3) is 5.91 Å². The molecule has 0 saturated heterocycles. The smallest absolute Gasteiger partial charge is 0.277 e. The van der Waals surface area contributed by atoms with Gasteiger partial charge in [-0.2, -0.15) is 0 Å². The number of aromatic nitrogens is 1. The SMILES string of the molecule is C#CCn1c(O)c(C2=NC(=S)NC2=O)c2ccccc21. The van der Waals surface area contributed by atoms with Crippen molar-refractivity contribution in [3.8, 4) is 18.2 Å². The Bertz CT molecular complexity index is 827. The number of para-hydroxylation sites is 1. The summed E-state index contributed by atoms with van der Waals surface area (Å²) in [5, 5.41) is 13.6. The molecular formula is C14H9N3O2S. The highest BCUT2D eigenvalue weighted by atomic mass is 32.1. The molecule has 0 atom stereocenters. The normalized spacial score (nSPS) is 14.2. The van der Waals surface area contributed by atoms with Crippen LogP contribution in [-0.4, -0.2) is 26.4 Å². The van der Waals surface area contributed by atoms with E-state index in [9.17, 15) is 9.90 Å². The Morgan fingerprint density at radius 1 is 1.45 bits per heavy atom. The van der Waals surface area contributed by atoms with Crippen molar-refractivity contribution in [2.45, 2.75) is 6.54 Å². The van der Waals surface area contributed by atoms with Crippen molar-refractivity contribution in [1.82, 2.24) is 9.88 Å². The highest BCUT2D eigenvalue weighted by molar-refractivity contribution is 7.80. The predicted octanol–water partition coefficient (Wildman–Crippen LogP) is 1.18. The lowest BCUT2D eigenvalue weighted by Crippen LogP contribution is -2.25. The lowest BCUT2D eigenvalue weighted by atomic mass is 10.1. The molecule has 2 aromatic rings. The van der Waals surface area contributed by atoms with Crippen LogP contribution in [0, 0.1) is 12.3 Å². The van der Waals surface area contributed by atoms with Crippen molar-refractivity contribution in [3.63, 3.8) is 0 Å². The molecule has 0 radical (unpaired) electrons. The lowest BCUT2D eigenvalue weighted by Gasteiger charge is -2.01. The number of carbonyl (C=O) groups is 1. The van der Waals surface area contributed by atoms with E-state index in [1.807, 2.05) is 18.2 Å². The first kappa shape index (κ1) is 12.4. The number of amides is 1. The number of terminal acetylenes is 1. The quantitative estimate of drug-likeness (QED) is 0.642. The van der Waals surface area contributed by atoms with Crippen LogP contribution in [0.5, 0.6) is 5.88 Å². The van der Waals surface area contributed by atoms with Crippen molar-refractivity contribution >= 4 is 39.9 Å². The summed E-state index contributed by atoms with van der Waals surface area (Å²) in [4.78, 5) is 15.8. The van der Waals surface area contributed by atoms with Gasteiger partial charge in [-0.05, 0) is 18.3 Å². The standard InChI is InChI=1S/C14H9N3O2S/c1-2-7-17-9-6-4-3-5-8(9)10(13(17)19)11-12(18)16-14(20)15-11/h1,3-6,19H,7H2,(H,16,18,20). The molecule has 1 aliphatic rings. The molecule has 0 aliphatic carbocycles. The molecular weight excluding hydrogens is 274 g/mol. The topological polar surface area (TPSA) is 66.6 Å². The summed E-state index contributed by atoms with van der Waals surface area (Å²) in [6.45, 7) is 0.200. The van der Waals surface area contributed by atoms with Crippen LogP contribution < -0.4 is 5.32 Å². The van der Waals surface area contributed by atoms with Gasteiger partial charge in [-0.3, -0.25) is 10.1 Å². The number of hydrogen-bond donors (Lipinski definition) is 2. The fourth-order valence-corrected chi connectivity index (χ4v) is 2.46. The second-order valence-electron chi connectivity index (χ2n) is 4.23. The molecule has 1 aromatic carbocycles. The van der Waals surface area contributed by atoms with Crippen molar-refractivity contribution in [2.75, 3.05) is 0 Å². The molecule has 0 saturated carbocycles. The minimum Gasteiger partial charge on any atom is -0.494 e. The lowest BCUT2D eigenvalue weighted by molar-refractivity contribution is -0.113. The van der Waals surface area contributed by atoms with Crippen molar-refractivity contribution < 1.29 is 9.90 Å². The first-order valence-electron chi connectivity index (χ1n) is 5.81. The zero-order valence-electron chi connectivity index (χ0n) is 10.3. The molecule has 0 bridgehead atoms. The average Bonchev–Trinajstić information content (AvgIpc) is 2.88. The highest BCUT2D eigenvalue weighted by Crippen LogP contribution is 2.32. The first-order chi connectivity index (χ1) is 9.63. The number of nitrogens with one attached hydrogen (secondary N) is 1. The molecule has 98 valence electrons. The molecule has 0 fully saturated rings. The second kappa shape index (κ2) is 4.47. The van der Waals surface area contributed by atoms with E-state index in [0.29, 0.717) is 10.9 Å². The molecule has 0 spiro atoms. The van der Waals surface area contributed by atoms with Crippen LogP contribution in [0.4, 0.5) is 0 Å². The van der Waals surface area contributed by atoms with Gasteiger partial charge in [0.2, 0.25) is 11.0 Å². The van der Waals surface area contributed by atoms with Crippen LogP contribution in [0.2, 0.25) is 0 Å². The van der Waals surface area contributed by atoms with Crippen molar-refractivity contribution in [2.24, 2.45) is 4.99 Å². The highest BCUT2D eigenvalue weighted by Gasteiger charge is 2.29. The van der Waals surface area contributed by atoms with Gasteiger partial charge in [-0.15, -0.1) is 6.42 Å². The summed E-state index contributed by atoms with van der Waals surface area (Å²) in [5.74, 6) is 1.97. The average molecular weight is 283 g/mol. The zero-order chi connectivity index (χ0) is 14.3. The Morgan fingerprint density at radius 2 is 2.20 bits per heavy atom. The fourth-order valence-electron chi connectivity index (χ4n) is 2.28. The minimum atomic E-state index is -0.422. The third-order valence-electron chi connectivity index (χ3n) is 3.08. The van der Waals surface area contributed by atoms with Crippen molar-refractivity contribution in [1.29, 1.82) is 0 Å². The molecule has 2 N–H and O–H groups in total. The van der Waals surface area contributed by atoms with E-state index in [1.165, 1.54) is 0 Å². The van der Waals surface area contributed by atoms with Gasteiger partial charge >= 0.3 is 0 Å². The number of carbonyl (C=O) groups excluding carboxylic acids is 1. The number of aromatic hydroxyl groups is 1. The first-order valence-corrected chi connectivity index (χ1v) is 6.22. The van der Waals surface area contributed by atoms with Gasteiger partial charge < -0.3 is 9.67 Å². The molecule has 1 aromatic heterocycles. The van der Waals surface area contributed by atoms with Gasteiger partial charge in [0.1, 0.15) is 5.71 Å². The van der Waals surface area contributed by atoms with Gasteiger partial charge in [0, 0.05) is 5.39 Å². The van der Waals surface area contributed by atoms with Gasteiger partial charge in [-0.25, -0.2) is 4.99 Å². The number of rotatable bonds is 2. The molecule has 1 aliphatic heterocycles. The Balaban J connectivity index is 2.34. The third kappa shape index (κ3) is 1.68. The maximum Gasteiger partial charge on any atom is 0.277 e. The molecule has 20 heavy (non-hydrogen) atoms. The van der Waals surface area contributed by atoms with Crippen LogP contribution in [0.1, 0.15) is 5.56 Å². The summed E-state index contributed by atoms with van der Waals surface area (Å²) in [6.07, 6.45) is 5.32. The van der Waals surface area contributed by atoms with E-state index in [4.69, 9.17) is 18.6 Å². The molecule has 2 heterocycles. The Hall–Kier alpha value is -2.65. The van der Waals surface area contributed by atoms with Gasteiger partial charge in [0.05, 0.1) is 17.6 Å².